The first kappa shape index (κ1) is 15.1. The van der Waals surface area contributed by atoms with Crippen LogP contribution in [0.2, 0.25) is 0 Å². The first-order valence-electron chi connectivity index (χ1n) is 6.94. The normalized spacial score (nSPS) is 17.1. The van der Waals surface area contributed by atoms with Crippen molar-refractivity contribution in [2.24, 2.45) is 0 Å². The molecule has 0 radical (unpaired) electrons. The van der Waals surface area contributed by atoms with Gasteiger partial charge in [-0.2, -0.15) is 4.31 Å². The predicted molar refractivity (Wildman–Crippen MR) is 73.9 cm³/mol. The van der Waals surface area contributed by atoms with Crippen molar-refractivity contribution in [1.29, 1.82) is 0 Å². The fourth-order valence-corrected chi connectivity index (χ4v) is 3.57. The summed E-state index contributed by atoms with van der Waals surface area (Å²) in [6.07, 6.45) is 3.59. The second kappa shape index (κ2) is 6.41. The maximum absolute atomic E-state index is 12.3. The van der Waals surface area contributed by atoms with E-state index in [0.29, 0.717) is 19.6 Å². The minimum Gasteiger partial charge on any atom is -0.438 e. The van der Waals surface area contributed by atoms with Crippen LogP contribution in [0.4, 0.5) is 0 Å². The van der Waals surface area contributed by atoms with Crippen LogP contribution < -0.4 is 5.32 Å². The second-order valence-corrected chi connectivity index (χ2v) is 6.71. The van der Waals surface area contributed by atoms with Crippen molar-refractivity contribution in [2.75, 3.05) is 19.6 Å². The molecule has 0 aliphatic carbocycles. The standard InChI is InChI=1S/C13H20N2O4S/c1-2-8-14-13(16)11-6-7-12(19-11)20(17,18)15-9-4-3-5-10-15/h6-7H,2-5,8-10H2,1H3,(H,14,16). The number of furan rings is 1. The van der Waals surface area contributed by atoms with Gasteiger partial charge in [0.05, 0.1) is 0 Å². The Labute approximate surface area is 119 Å². The number of carbonyl (C=O) groups excluding carboxylic acids is 1. The highest BCUT2D eigenvalue weighted by Gasteiger charge is 2.29. The van der Waals surface area contributed by atoms with E-state index in [1.807, 2.05) is 6.92 Å². The number of nitrogens with zero attached hydrogens (tertiary/aromatic N) is 1. The molecule has 1 aromatic rings. The van der Waals surface area contributed by atoms with Gasteiger partial charge in [0.1, 0.15) is 0 Å². The SMILES string of the molecule is CCCNC(=O)c1ccc(S(=O)(=O)N2CCCCC2)o1. The summed E-state index contributed by atoms with van der Waals surface area (Å²) in [7, 11) is -3.61. The smallest absolute Gasteiger partial charge is 0.287 e. The number of hydrogen-bond acceptors (Lipinski definition) is 4. The number of nitrogens with one attached hydrogen (secondary N) is 1. The zero-order valence-electron chi connectivity index (χ0n) is 11.6. The molecular weight excluding hydrogens is 280 g/mol. The number of sulfonamides is 1. The average Bonchev–Trinajstić information content (AvgIpc) is 2.96. The predicted octanol–water partition coefficient (Wildman–Crippen LogP) is 1.59. The van der Waals surface area contributed by atoms with Gasteiger partial charge in [-0.15, -0.1) is 0 Å². The van der Waals surface area contributed by atoms with Gasteiger partial charge in [-0.1, -0.05) is 13.3 Å². The average molecular weight is 300 g/mol. The summed E-state index contributed by atoms with van der Waals surface area (Å²) in [6.45, 7) is 3.50. The molecular formula is C13H20N2O4S. The van der Waals surface area contributed by atoms with E-state index in [2.05, 4.69) is 5.32 Å². The molecule has 7 heteroatoms. The number of rotatable bonds is 5. The minimum atomic E-state index is -3.61. The van der Waals surface area contributed by atoms with Crippen LogP contribution in [0.1, 0.15) is 43.2 Å². The van der Waals surface area contributed by atoms with E-state index < -0.39 is 10.0 Å². The van der Waals surface area contributed by atoms with Crippen LogP contribution in [0.5, 0.6) is 0 Å². The summed E-state index contributed by atoms with van der Waals surface area (Å²) in [5.74, 6) is -0.346. The fourth-order valence-electron chi connectivity index (χ4n) is 2.14. The molecule has 2 heterocycles. The Balaban J connectivity index is 2.13. The lowest BCUT2D eigenvalue weighted by Gasteiger charge is -2.24. The van der Waals surface area contributed by atoms with Gasteiger partial charge in [-0.25, -0.2) is 8.42 Å². The van der Waals surface area contributed by atoms with Crippen molar-refractivity contribution in [3.8, 4) is 0 Å². The van der Waals surface area contributed by atoms with Crippen LogP contribution in [-0.2, 0) is 10.0 Å². The van der Waals surface area contributed by atoms with Gasteiger partial charge in [-0.3, -0.25) is 4.79 Å². The maximum Gasteiger partial charge on any atom is 0.287 e. The highest BCUT2D eigenvalue weighted by atomic mass is 32.2. The fraction of sp³-hybridized carbons (Fsp3) is 0.615. The number of hydrogen-bond donors (Lipinski definition) is 1. The van der Waals surface area contributed by atoms with Gasteiger partial charge >= 0.3 is 0 Å². The van der Waals surface area contributed by atoms with Gasteiger partial charge in [-0.05, 0) is 31.4 Å². The van der Waals surface area contributed by atoms with E-state index in [1.54, 1.807) is 0 Å². The molecule has 112 valence electrons. The zero-order valence-corrected chi connectivity index (χ0v) is 12.4. The lowest BCUT2D eigenvalue weighted by Crippen LogP contribution is -2.35. The van der Waals surface area contributed by atoms with Gasteiger partial charge in [0.15, 0.2) is 5.76 Å². The van der Waals surface area contributed by atoms with Crippen molar-refractivity contribution in [3.05, 3.63) is 17.9 Å². The van der Waals surface area contributed by atoms with Crippen LogP contribution in [0.3, 0.4) is 0 Å². The van der Waals surface area contributed by atoms with E-state index in [4.69, 9.17) is 4.42 Å². The van der Waals surface area contributed by atoms with Gasteiger partial charge in [0, 0.05) is 19.6 Å². The topological polar surface area (TPSA) is 79.6 Å². The van der Waals surface area contributed by atoms with Crippen LogP contribution in [0.25, 0.3) is 0 Å². The van der Waals surface area contributed by atoms with E-state index in [0.717, 1.165) is 25.7 Å². The molecule has 0 bridgehead atoms. The van der Waals surface area contributed by atoms with Crippen molar-refractivity contribution in [1.82, 2.24) is 9.62 Å². The largest absolute Gasteiger partial charge is 0.438 e. The molecule has 1 aliphatic rings. The number of amides is 1. The van der Waals surface area contributed by atoms with Crippen molar-refractivity contribution in [3.63, 3.8) is 0 Å². The van der Waals surface area contributed by atoms with Crippen molar-refractivity contribution in [2.45, 2.75) is 37.7 Å². The number of carbonyl (C=O) groups is 1. The Morgan fingerprint density at radius 3 is 2.65 bits per heavy atom. The summed E-state index contributed by atoms with van der Waals surface area (Å²) >= 11 is 0. The molecule has 20 heavy (non-hydrogen) atoms. The van der Waals surface area contributed by atoms with E-state index in [1.165, 1.54) is 16.4 Å². The number of piperidine rings is 1. The van der Waals surface area contributed by atoms with Crippen LogP contribution in [0, 0.1) is 0 Å². The molecule has 1 N–H and O–H groups in total. The molecule has 1 saturated heterocycles. The molecule has 6 nitrogen and oxygen atoms in total. The summed E-state index contributed by atoms with van der Waals surface area (Å²) < 4.78 is 31.3. The molecule has 1 amide bonds. The van der Waals surface area contributed by atoms with Gasteiger partial charge in [0.2, 0.25) is 5.09 Å². The molecule has 1 aromatic heterocycles. The summed E-state index contributed by atoms with van der Waals surface area (Å²) in [5.41, 5.74) is 0. The molecule has 2 rings (SSSR count). The van der Waals surface area contributed by atoms with Crippen LogP contribution >= 0.6 is 0 Å². The van der Waals surface area contributed by atoms with E-state index >= 15 is 0 Å². The van der Waals surface area contributed by atoms with E-state index in [-0.39, 0.29) is 16.8 Å². The highest BCUT2D eigenvalue weighted by Crippen LogP contribution is 2.22. The third-order valence-corrected chi connectivity index (χ3v) is 5.02. The third kappa shape index (κ3) is 3.21. The summed E-state index contributed by atoms with van der Waals surface area (Å²) in [4.78, 5) is 11.7. The Morgan fingerprint density at radius 1 is 1.30 bits per heavy atom. The zero-order chi connectivity index (χ0) is 14.6. The molecule has 1 aliphatic heterocycles. The monoisotopic (exact) mass is 300 g/mol. The Bertz CT molecular complexity index is 559. The van der Waals surface area contributed by atoms with Gasteiger partial charge in [0.25, 0.3) is 15.9 Å². The molecule has 1 fully saturated rings. The van der Waals surface area contributed by atoms with Crippen molar-refractivity contribution < 1.29 is 17.6 Å². The lowest BCUT2D eigenvalue weighted by atomic mass is 10.2. The summed E-state index contributed by atoms with van der Waals surface area (Å²) in [5, 5.41) is 2.50. The third-order valence-electron chi connectivity index (χ3n) is 3.25. The van der Waals surface area contributed by atoms with Gasteiger partial charge < -0.3 is 9.73 Å². The summed E-state index contributed by atoms with van der Waals surface area (Å²) in [6, 6.07) is 2.76. The first-order chi connectivity index (χ1) is 9.55. The van der Waals surface area contributed by atoms with Crippen molar-refractivity contribution >= 4 is 15.9 Å². The van der Waals surface area contributed by atoms with Crippen LogP contribution in [-0.4, -0.2) is 38.3 Å². The Hall–Kier alpha value is -1.34. The van der Waals surface area contributed by atoms with E-state index in [9.17, 15) is 13.2 Å². The molecule has 0 saturated carbocycles. The highest BCUT2D eigenvalue weighted by molar-refractivity contribution is 7.89. The maximum atomic E-state index is 12.3. The minimum absolute atomic E-state index is 0.0361. The second-order valence-electron chi connectivity index (χ2n) is 4.84. The molecule has 0 atom stereocenters. The Kier molecular flexibility index (Phi) is 4.82. The Morgan fingerprint density at radius 2 is 2.00 bits per heavy atom. The van der Waals surface area contributed by atoms with Crippen LogP contribution in [0.15, 0.2) is 21.6 Å². The molecule has 0 unspecified atom stereocenters. The lowest BCUT2D eigenvalue weighted by molar-refractivity contribution is 0.0920. The first-order valence-corrected chi connectivity index (χ1v) is 8.38. The quantitative estimate of drug-likeness (QED) is 0.895. The molecule has 0 spiro atoms. The molecule has 0 aromatic carbocycles.